The third-order valence-electron chi connectivity index (χ3n) is 6.02. The summed E-state index contributed by atoms with van der Waals surface area (Å²) in [5.74, 6) is 3.35. The summed E-state index contributed by atoms with van der Waals surface area (Å²) in [7, 11) is 0. The molecule has 0 aliphatic heterocycles. The molecule has 3 heteroatoms. The van der Waals surface area contributed by atoms with Crippen LogP contribution in [0, 0.1) is 29.1 Å². The second kappa shape index (κ2) is 5.23. The van der Waals surface area contributed by atoms with Crippen molar-refractivity contribution in [1.29, 1.82) is 0 Å². The Morgan fingerprint density at radius 1 is 1.05 bits per heavy atom. The van der Waals surface area contributed by atoms with Gasteiger partial charge in [-0.3, -0.25) is 0 Å². The summed E-state index contributed by atoms with van der Waals surface area (Å²) in [5.41, 5.74) is 0.407. The van der Waals surface area contributed by atoms with Gasteiger partial charge < -0.3 is 10.6 Å². The first kappa shape index (κ1) is 14.2. The Hall–Kier alpha value is -0.730. The molecule has 4 fully saturated rings. The predicted molar refractivity (Wildman–Crippen MR) is 81.4 cm³/mol. The molecule has 0 aromatic heterocycles. The first-order valence-electron chi connectivity index (χ1n) is 8.51. The second-order valence-corrected chi connectivity index (χ2v) is 8.25. The van der Waals surface area contributed by atoms with Gasteiger partial charge in [0.25, 0.3) is 0 Å². The molecule has 4 aliphatic rings. The third kappa shape index (κ3) is 2.68. The molecule has 4 rings (SSSR count). The number of rotatable bonds is 4. The van der Waals surface area contributed by atoms with Crippen LogP contribution in [0.2, 0.25) is 0 Å². The summed E-state index contributed by atoms with van der Waals surface area (Å²) in [4.78, 5) is 12.0. The van der Waals surface area contributed by atoms with Gasteiger partial charge in [-0.1, -0.05) is 13.8 Å². The highest BCUT2D eigenvalue weighted by molar-refractivity contribution is 5.74. The van der Waals surface area contributed by atoms with Crippen LogP contribution < -0.4 is 10.6 Å². The predicted octanol–water partition coefficient (Wildman–Crippen LogP) is 3.55. The minimum absolute atomic E-state index is 0.0296. The lowest BCUT2D eigenvalue weighted by Crippen LogP contribution is -2.57. The Morgan fingerprint density at radius 2 is 1.55 bits per heavy atom. The van der Waals surface area contributed by atoms with Gasteiger partial charge in [0.05, 0.1) is 0 Å². The van der Waals surface area contributed by atoms with Gasteiger partial charge in [0.15, 0.2) is 0 Å². The van der Waals surface area contributed by atoms with Crippen molar-refractivity contribution in [3.63, 3.8) is 0 Å². The Morgan fingerprint density at radius 3 is 2.00 bits per heavy atom. The standard InChI is InChI=1S/C17H30N2O/c1-11(2)10-18-16(20)19-12(3)17-7-13-4-14(8-17)6-15(5-13)9-17/h11-15H,4-10H2,1-3H3,(H2,18,19,20). The van der Waals surface area contributed by atoms with Gasteiger partial charge in [0.1, 0.15) is 0 Å². The Kier molecular flexibility index (Phi) is 3.72. The molecule has 0 radical (unpaired) electrons. The summed E-state index contributed by atoms with van der Waals surface area (Å²) in [6, 6.07) is 0.352. The fourth-order valence-corrected chi connectivity index (χ4v) is 5.41. The summed E-state index contributed by atoms with van der Waals surface area (Å²) >= 11 is 0. The van der Waals surface area contributed by atoms with Crippen LogP contribution in [0.3, 0.4) is 0 Å². The molecule has 114 valence electrons. The zero-order valence-corrected chi connectivity index (χ0v) is 13.2. The highest BCUT2D eigenvalue weighted by Crippen LogP contribution is 2.61. The highest BCUT2D eigenvalue weighted by Gasteiger charge is 2.53. The van der Waals surface area contributed by atoms with Crippen LogP contribution >= 0.6 is 0 Å². The maximum Gasteiger partial charge on any atom is 0.315 e. The van der Waals surface area contributed by atoms with Crippen LogP contribution in [-0.4, -0.2) is 18.6 Å². The molecular weight excluding hydrogens is 248 g/mol. The molecular formula is C17H30N2O. The number of hydrogen-bond donors (Lipinski definition) is 2. The molecule has 3 nitrogen and oxygen atoms in total. The Bertz CT molecular complexity index is 342. The first-order valence-corrected chi connectivity index (χ1v) is 8.51. The van der Waals surface area contributed by atoms with Gasteiger partial charge in [0.2, 0.25) is 0 Å². The minimum atomic E-state index is 0.0296. The van der Waals surface area contributed by atoms with Gasteiger partial charge in [-0.25, -0.2) is 4.79 Å². The number of urea groups is 1. The van der Waals surface area contributed by atoms with E-state index in [2.05, 4.69) is 31.4 Å². The molecule has 0 aromatic carbocycles. The number of nitrogens with one attached hydrogen (secondary N) is 2. The van der Waals surface area contributed by atoms with E-state index < -0.39 is 0 Å². The van der Waals surface area contributed by atoms with E-state index in [4.69, 9.17) is 0 Å². The van der Waals surface area contributed by atoms with Gasteiger partial charge in [-0.05, 0) is 74.5 Å². The molecule has 2 N–H and O–H groups in total. The van der Waals surface area contributed by atoms with Crippen molar-refractivity contribution in [1.82, 2.24) is 10.6 Å². The van der Waals surface area contributed by atoms with Crippen molar-refractivity contribution >= 4 is 6.03 Å². The van der Waals surface area contributed by atoms with Gasteiger partial charge in [-0.15, -0.1) is 0 Å². The Balaban J connectivity index is 1.59. The fraction of sp³-hybridized carbons (Fsp3) is 0.941. The van der Waals surface area contributed by atoms with Crippen LogP contribution in [0.15, 0.2) is 0 Å². The van der Waals surface area contributed by atoms with Crippen molar-refractivity contribution in [2.24, 2.45) is 29.1 Å². The Labute approximate surface area is 123 Å². The van der Waals surface area contributed by atoms with Crippen LogP contribution in [0.25, 0.3) is 0 Å². The van der Waals surface area contributed by atoms with Crippen LogP contribution in [0.5, 0.6) is 0 Å². The normalized spacial score (nSPS) is 39.9. The van der Waals surface area contributed by atoms with Crippen LogP contribution in [0.4, 0.5) is 4.79 Å². The van der Waals surface area contributed by atoms with Gasteiger partial charge >= 0.3 is 6.03 Å². The quantitative estimate of drug-likeness (QED) is 0.811. The maximum atomic E-state index is 12.0. The first-order chi connectivity index (χ1) is 9.47. The van der Waals surface area contributed by atoms with Crippen molar-refractivity contribution in [3.8, 4) is 0 Å². The molecule has 1 unspecified atom stereocenters. The summed E-state index contributed by atoms with van der Waals surface area (Å²) < 4.78 is 0. The molecule has 1 atom stereocenters. The lowest BCUT2D eigenvalue weighted by atomic mass is 9.48. The number of amides is 2. The van der Waals surface area contributed by atoms with E-state index in [1.807, 2.05) is 0 Å². The molecule has 4 saturated carbocycles. The summed E-state index contributed by atoms with van der Waals surface area (Å²) in [6.07, 6.45) is 8.45. The van der Waals surface area contributed by atoms with Crippen molar-refractivity contribution in [3.05, 3.63) is 0 Å². The molecule has 0 spiro atoms. The SMILES string of the molecule is CC(C)CNC(=O)NC(C)C12CC3CC(CC(C3)C1)C2. The molecule has 0 heterocycles. The fourth-order valence-electron chi connectivity index (χ4n) is 5.41. The second-order valence-electron chi connectivity index (χ2n) is 8.25. The van der Waals surface area contributed by atoms with E-state index in [0.717, 1.165) is 24.3 Å². The molecule has 0 saturated heterocycles. The van der Waals surface area contributed by atoms with E-state index in [1.165, 1.54) is 38.5 Å². The zero-order chi connectivity index (χ0) is 14.3. The lowest BCUT2D eigenvalue weighted by molar-refractivity contribution is -0.0682. The summed E-state index contributed by atoms with van der Waals surface area (Å²) in [6.45, 7) is 7.26. The molecule has 20 heavy (non-hydrogen) atoms. The minimum Gasteiger partial charge on any atom is -0.338 e. The number of carbonyl (C=O) groups is 1. The number of carbonyl (C=O) groups excluding carboxylic acids is 1. The molecule has 4 bridgehead atoms. The average molecular weight is 278 g/mol. The average Bonchev–Trinajstić information content (AvgIpc) is 2.34. The van der Waals surface area contributed by atoms with Crippen LogP contribution in [-0.2, 0) is 0 Å². The topological polar surface area (TPSA) is 41.1 Å². The molecule has 4 aliphatic carbocycles. The van der Waals surface area contributed by atoms with Crippen molar-refractivity contribution in [2.75, 3.05) is 6.54 Å². The largest absolute Gasteiger partial charge is 0.338 e. The summed E-state index contributed by atoms with van der Waals surface area (Å²) in [5, 5.41) is 6.24. The van der Waals surface area contributed by atoms with Gasteiger partial charge in [0, 0.05) is 12.6 Å². The van der Waals surface area contributed by atoms with Crippen molar-refractivity contribution < 1.29 is 4.79 Å². The van der Waals surface area contributed by atoms with E-state index in [0.29, 0.717) is 17.4 Å². The highest BCUT2D eigenvalue weighted by atomic mass is 16.2. The smallest absolute Gasteiger partial charge is 0.315 e. The lowest BCUT2D eigenvalue weighted by Gasteiger charge is -2.59. The van der Waals surface area contributed by atoms with E-state index in [1.54, 1.807) is 0 Å². The van der Waals surface area contributed by atoms with E-state index in [9.17, 15) is 4.79 Å². The molecule has 2 amide bonds. The zero-order valence-electron chi connectivity index (χ0n) is 13.2. The van der Waals surface area contributed by atoms with Crippen molar-refractivity contribution in [2.45, 2.75) is 65.3 Å². The third-order valence-corrected chi connectivity index (χ3v) is 6.02. The molecule has 0 aromatic rings. The van der Waals surface area contributed by atoms with Gasteiger partial charge in [-0.2, -0.15) is 0 Å². The maximum absolute atomic E-state index is 12.0. The van der Waals surface area contributed by atoms with E-state index in [-0.39, 0.29) is 6.03 Å². The van der Waals surface area contributed by atoms with E-state index >= 15 is 0 Å². The van der Waals surface area contributed by atoms with Crippen LogP contribution in [0.1, 0.15) is 59.3 Å². The monoisotopic (exact) mass is 278 g/mol. The number of hydrogen-bond acceptors (Lipinski definition) is 1.